The minimum Gasteiger partial charge on any atom is -0.618 e. The summed E-state index contributed by atoms with van der Waals surface area (Å²) in [6.07, 6.45) is -2.22. The maximum atomic E-state index is 14.2. The van der Waals surface area contributed by atoms with Crippen molar-refractivity contribution in [3.05, 3.63) is 53.2 Å². The number of nitrogens with one attached hydrogen (secondary N) is 1. The van der Waals surface area contributed by atoms with Crippen molar-refractivity contribution < 1.29 is 47.0 Å². The van der Waals surface area contributed by atoms with Crippen LogP contribution in [0.25, 0.3) is 0 Å². The third-order valence-corrected chi connectivity index (χ3v) is 8.92. The van der Waals surface area contributed by atoms with Gasteiger partial charge in [-0.25, -0.2) is 4.79 Å². The molecule has 3 aliphatic heterocycles. The number of hydrogen-bond acceptors (Lipinski definition) is 10. The zero-order valence-electron chi connectivity index (χ0n) is 23.0. The van der Waals surface area contributed by atoms with Crippen LogP contribution < -0.4 is 14.8 Å². The van der Waals surface area contributed by atoms with E-state index in [9.17, 15) is 24.4 Å². The molecule has 5 rings (SSSR count). The molecule has 3 N–H and O–H groups in total. The molecular weight excluding hydrogens is 556 g/mol. The van der Waals surface area contributed by atoms with Gasteiger partial charge in [0.2, 0.25) is 17.8 Å². The van der Waals surface area contributed by atoms with Crippen molar-refractivity contribution in [1.82, 2.24) is 5.32 Å². The van der Waals surface area contributed by atoms with Crippen LogP contribution in [0.15, 0.2) is 47.4 Å². The van der Waals surface area contributed by atoms with Crippen molar-refractivity contribution in [2.75, 3.05) is 33.1 Å². The number of hydroxylamine groups is 2. The molecule has 224 valence electrons. The van der Waals surface area contributed by atoms with Gasteiger partial charge in [-0.1, -0.05) is 26.0 Å². The van der Waals surface area contributed by atoms with Crippen molar-refractivity contribution in [2.24, 2.45) is 11.8 Å². The molecule has 2 aromatic rings. The summed E-state index contributed by atoms with van der Waals surface area (Å²) >= 11 is 0. The summed E-state index contributed by atoms with van der Waals surface area (Å²) in [6, 6.07) is 10.0. The summed E-state index contributed by atoms with van der Waals surface area (Å²) in [5.74, 6) is 0.753. The highest BCUT2D eigenvalue weighted by Gasteiger charge is 2.44. The van der Waals surface area contributed by atoms with Crippen LogP contribution in [0.3, 0.4) is 0 Å². The number of fused-ring (bicyclic) bond motifs is 2. The molecule has 3 aliphatic rings. The molecule has 7 atom stereocenters. The van der Waals surface area contributed by atoms with Gasteiger partial charge in [-0.05, 0) is 42.7 Å². The molecule has 0 bridgehead atoms. The topological polar surface area (TPSA) is 156 Å². The molecule has 2 aromatic carbocycles. The van der Waals surface area contributed by atoms with Gasteiger partial charge in [0.25, 0.3) is 0 Å². The van der Waals surface area contributed by atoms with E-state index in [1.165, 1.54) is 18.2 Å². The highest BCUT2D eigenvalue weighted by Crippen LogP contribution is 2.35. The third-order valence-electron chi connectivity index (χ3n) is 7.36. The van der Waals surface area contributed by atoms with E-state index in [2.05, 4.69) is 5.32 Å². The third kappa shape index (κ3) is 6.93. The predicted molar refractivity (Wildman–Crippen MR) is 146 cm³/mol. The molecule has 0 radical (unpaired) electrons. The van der Waals surface area contributed by atoms with Crippen LogP contribution in [0.4, 0.5) is 4.79 Å². The number of phenolic OH excluding ortho intramolecular Hbond substituents is 1. The molecule has 0 spiro atoms. The van der Waals surface area contributed by atoms with Crippen molar-refractivity contribution >= 4 is 17.1 Å². The Kier molecular flexibility index (Phi) is 9.02. The lowest BCUT2D eigenvalue weighted by Gasteiger charge is -2.43. The smallest absolute Gasteiger partial charge is 0.407 e. The highest BCUT2D eigenvalue weighted by molar-refractivity contribution is 7.79. The van der Waals surface area contributed by atoms with Gasteiger partial charge in [-0.15, -0.1) is 0 Å². The zero-order chi connectivity index (χ0) is 29.1. The molecule has 3 unspecified atom stereocenters. The number of benzene rings is 2. The number of carbonyl (C=O) groups excluding carboxylic acids is 1. The molecule has 2 fully saturated rings. The first kappa shape index (κ1) is 29.5. The number of amides is 1. The van der Waals surface area contributed by atoms with Crippen molar-refractivity contribution in [2.45, 2.75) is 56.1 Å². The number of quaternary nitrogens is 1. The Balaban J connectivity index is 1.34. The lowest BCUT2D eigenvalue weighted by atomic mass is 10.0. The Bertz CT molecular complexity index is 1240. The molecular formula is C28H36N2O10S. The number of nitrogens with zero attached hydrogens (tertiary/aromatic N) is 1. The average molecular weight is 593 g/mol. The first-order valence-corrected chi connectivity index (χ1v) is 14.8. The van der Waals surface area contributed by atoms with Gasteiger partial charge in [0.05, 0.1) is 36.6 Å². The number of aliphatic hydroxyl groups is 1. The second-order valence-corrected chi connectivity index (χ2v) is 12.6. The SMILES string of the molecule is CC(C)C[N+]([O-])(C[C@@H](O)[C@H](Cc1ccc(O)cc1)NC(=O)O[C@H]1CO[C@H]2OCCC21)S(=O)c1ccc2c(c1)OCO2. The van der Waals surface area contributed by atoms with E-state index in [-0.39, 0.29) is 48.8 Å². The fourth-order valence-electron chi connectivity index (χ4n) is 5.40. The van der Waals surface area contributed by atoms with Gasteiger partial charge in [0.15, 0.2) is 17.8 Å². The van der Waals surface area contributed by atoms with Gasteiger partial charge >= 0.3 is 6.09 Å². The predicted octanol–water partition coefficient (Wildman–Crippen LogP) is 2.57. The summed E-state index contributed by atoms with van der Waals surface area (Å²) in [6.45, 7) is 3.93. The fraction of sp³-hybridized carbons (Fsp3) is 0.536. The fourth-order valence-corrected chi connectivity index (χ4v) is 6.89. The summed E-state index contributed by atoms with van der Waals surface area (Å²) < 4.78 is 39.9. The van der Waals surface area contributed by atoms with Crippen LogP contribution in [0, 0.1) is 17.0 Å². The lowest BCUT2D eigenvalue weighted by molar-refractivity contribution is -0.757. The van der Waals surface area contributed by atoms with Gasteiger partial charge in [0, 0.05) is 12.0 Å². The zero-order valence-corrected chi connectivity index (χ0v) is 23.8. The van der Waals surface area contributed by atoms with Crippen LogP contribution in [-0.2, 0) is 31.6 Å². The Hall–Kier alpha value is -2.94. The van der Waals surface area contributed by atoms with Gasteiger partial charge in [-0.3, -0.25) is 4.05 Å². The Morgan fingerprint density at radius 2 is 1.90 bits per heavy atom. The largest absolute Gasteiger partial charge is 0.618 e. The summed E-state index contributed by atoms with van der Waals surface area (Å²) in [5, 5.41) is 38.0. The first-order valence-electron chi connectivity index (χ1n) is 13.7. The monoisotopic (exact) mass is 592 g/mol. The number of aliphatic hydroxyl groups excluding tert-OH is 1. The summed E-state index contributed by atoms with van der Waals surface area (Å²) in [5.41, 5.74) is 0.699. The molecule has 12 nitrogen and oxygen atoms in total. The molecule has 13 heteroatoms. The number of carbonyl (C=O) groups is 1. The Morgan fingerprint density at radius 3 is 2.66 bits per heavy atom. The summed E-state index contributed by atoms with van der Waals surface area (Å²) in [4.78, 5) is 13.2. The van der Waals surface area contributed by atoms with E-state index in [4.69, 9.17) is 23.7 Å². The van der Waals surface area contributed by atoms with Crippen LogP contribution in [0.1, 0.15) is 25.8 Å². The Morgan fingerprint density at radius 1 is 1.15 bits per heavy atom. The van der Waals surface area contributed by atoms with E-state index in [0.29, 0.717) is 30.1 Å². The van der Waals surface area contributed by atoms with E-state index < -0.39 is 52.2 Å². The van der Waals surface area contributed by atoms with Crippen LogP contribution in [0.2, 0.25) is 0 Å². The number of hydrogen-bond donors (Lipinski definition) is 3. The van der Waals surface area contributed by atoms with Crippen LogP contribution in [-0.4, -0.2) is 82.2 Å². The molecule has 1 amide bonds. The highest BCUT2D eigenvalue weighted by atomic mass is 32.2. The minimum absolute atomic E-state index is 0.0373. The normalized spacial score (nSPS) is 24.9. The van der Waals surface area contributed by atoms with E-state index in [0.717, 1.165) is 0 Å². The molecule has 3 heterocycles. The van der Waals surface area contributed by atoms with E-state index >= 15 is 0 Å². The van der Waals surface area contributed by atoms with Gasteiger partial charge in [0.1, 0.15) is 24.5 Å². The van der Waals surface area contributed by atoms with Crippen molar-refractivity contribution in [3.8, 4) is 17.2 Å². The maximum Gasteiger partial charge on any atom is 0.407 e. The lowest BCUT2D eigenvalue weighted by Crippen LogP contribution is -2.56. The van der Waals surface area contributed by atoms with E-state index in [1.807, 2.05) is 13.8 Å². The quantitative estimate of drug-likeness (QED) is 0.262. The van der Waals surface area contributed by atoms with Crippen molar-refractivity contribution in [3.63, 3.8) is 0 Å². The number of aromatic hydroxyl groups is 1. The molecule has 0 saturated carbocycles. The standard InChI is InChI=1S/C28H36N2O10S/c1-17(2)13-30(34,41(35)20-7-8-24-25(12-20)39-16-38-24)14-23(32)22(11-18-3-5-19(31)6-4-18)29-28(33)40-26-15-37-27-21(26)9-10-36-27/h3-8,12,17,21-23,26-27,31-32H,9-11,13-16H2,1-2H3,(H,29,33)/t21?,22-,23+,26-,27+,30?,41?/m0/s1. The second kappa shape index (κ2) is 12.5. The molecule has 0 aromatic heterocycles. The summed E-state index contributed by atoms with van der Waals surface area (Å²) in [7, 11) is -2.13. The van der Waals surface area contributed by atoms with Crippen LogP contribution >= 0.6 is 0 Å². The molecule has 2 saturated heterocycles. The van der Waals surface area contributed by atoms with Gasteiger partial charge in [-0.2, -0.15) is 4.21 Å². The molecule has 0 aliphatic carbocycles. The number of phenols is 1. The first-order chi connectivity index (χ1) is 19.6. The van der Waals surface area contributed by atoms with E-state index in [1.54, 1.807) is 24.3 Å². The van der Waals surface area contributed by atoms with Gasteiger partial charge < -0.3 is 44.4 Å². The minimum atomic E-state index is -2.13. The second-order valence-electron chi connectivity index (χ2n) is 11.0. The average Bonchev–Trinajstić information content (AvgIpc) is 3.67. The number of ether oxygens (including phenoxy) is 5. The van der Waals surface area contributed by atoms with Crippen molar-refractivity contribution in [1.29, 1.82) is 0 Å². The maximum absolute atomic E-state index is 14.2. The van der Waals surface area contributed by atoms with Crippen LogP contribution in [0.5, 0.6) is 17.2 Å². The number of rotatable bonds is 11. The molecule has 41 heavy (non-hydrogen) atoms. The Labute approximate surface area is 240 Å². The number of alkyl carbamates (subject to hydrolysis) is 1.